The molecule has 1 aliphatic rings. The van der Waals surface area contributed by atoms with E-state index in [1.165, 1.54) is 30.5 Å². The number of rotatable bonds is 9. The molecule has 148 valence electrons. The first-order valence-electron chi connectivity index (χ1n) is 9.68. The van der Waals surface area contributed by atoms with Crippen molar-refractivity contribution in [3.8, 4) is 0 Å². The van der Waals surface area contributed by atoms with Gasteiger partial charge in [-0.25, -0.2) is 9.18 Å². The summed E-state index contributed by atoms with van der Waals surface area (Å²) in [6.07, 6.45) is 6.67. The second-order valence-corrected chi connectivity index (χ2v) is 6.85. The summed E-state index contributed by atoms with van der Waals surface area (Å²) in [5.41, 5.74) is 1.20. The average Bonchev–Trinajstić information content (AvgIpc) is 2.64. The van der Waals surface area contributed by atoms with Gasteiger partial charge in [0.15, 0.2) is 0 Å². The van der Waals surface area contributed by atoms with Gasteiger partial charge in [-0.2, -0.15) is 0 Å². The highest BCUT2D eigenvalue weighted by Crippen LogP contribution is 2.09. The van der Waals surface area contributed by atoms with E-state index < -0.39 is 0 Å². The number of amides is 2. The number of urea groups is 1. The predicted molar refractivity (Wildman–Crippen MR) is 108 cm³/mol. The minimum absolute atomic E-state index is 0. The lowest BCUT2D eigenvalue weighted by molar-refractivity contribution is 0.138. The van der Waals surface area contributed by atoms with E-state index in [0.717, 1.165) is 65.0 Å². The molecule has 0 spiro atoms. The highest BCUT2D eigenvalue weighted by molar-refractivity contribution is 5.85. The van der Waals surface area contributed by atoms with Crippen molar-refractivity contribution in [2.24, 2.45) is 0 Å². The summed E-state index contributed by atoms with van der Waals surface area (Å²) < 4.78 is 12.9. The van der Waals surface area contributed by atoms with Gasteiger partial charge >= 0.3 is 6.03 Å². The molecule has 4 nitrogen and oxygen atoms in total. The molecular formula is C20H33ClFN3O. The molecule has 1 saturated heterocycles. The van der Waals surface area contributed by atoms with Crippen molar-refractivity contribution >= 4 is 18.4 Å². The van der Waals surface area contributed by atoms with Gasteiger partial charge in [-0.1, -0.05) is 31.9 Å². The SMILES string of the molecule is CCCCCNC(=O)N1CCN(CCCCc2ccc(F)cc2)CC1.Cl. The molecule has 0 unspecified atom stereocenters. The Hall–Kier alpha value is -1.33. The maximum atomic E-state index is 12.9. The van der Waals surface area contributed by atoms with Gasteiger partial charge in [0.25, 0.3) is 0 Å². The van der Waals surface area contributed by atoms with Crippen molar-refractivity contribution in [3.63, 3.8) is 0 Å². The highest BCUT2D eigenvalue weighted by atomic mass is 35.5. The topological polar surface area (TPSA) is 35.6 Å². The van der Waals surface area contributed by atoms with Crippen molar-refractivity contribution in [1.82, 2.24) is 15.1 Å². The first-order chi connectivity index (χ1) is 12.2. The Kier molecular flexibility index (Phi) is 11.3. The summed E-state index contributed by atoms with van der Waals surface area (Å²) in [6, 6.07) is 6.89. The number of benzene rings is 1. The van der Waals surface area contributed by atoms with Crippen LogP contribution in [0.5, 0.6) is 0 Å². The van der Waals surface area contributed by atoms with Crippen LogP contribution in [0.2, 0.25) is 0 Å². The summed E-state index contributed by atoms with van der Waals surface area (Å²) in [6.45, 7) is 7.58. The van der Waals surface area contributed by atoms with E-state index in [1.54, 1.807) is 0 Å². The Morgan fingerprint density at radius 3 is 2.38 bits per heavy atom. The third kappa shape index (κ3) is 8.37. The second-order valence-electron chi connectivity index (χ2n) is 6.85. The largest absolute Gasteiger partial charge is 0.338 e. The van der Waals surface area contributed by atoms with E-state index in [1.807, 2.05) is 17.0 Å². The van der Waals surface area contributed by atoms with Gasteiger partial charge in [-0.05, 0) is 49.9 Å². The van der Waals surface area contributed by atoms with Gasteiger partial charge in [-0.3, -0.25) is 4.90 Å². The van der Waals surface area contributed by atoms with Crippen LogP contribution in [0, 0.1) is 5.82 Å². The smallest absolute Gasteiger partial charge is 0.317 e. The minimum atomic E-state index is -0.170. The Morgan fingerprint density at radius 1 is 1.04 bits per heavy atom. The van der Waals surface area contributed by atoms with Crippen LogP contribution in [0.1, 0.15) is 44.6 Å². The minimum Gasteiger partial charge on any atom is -0.338 e. The number of halogens is 2. The molecule has 1 fully saturated rings. The lowest BCUT2D eigenvalue weighted by atomic mass is 10.1. The number of unbranched alkanes of at least 4 members (excludes halogenated alkanes) is 3. The Balaban J connectivity index is 0.00000338. The molecule has 1 aromatic rings. The van der Waals surface area contributed by atoms with Crippen LogP contribution >= 0.6 is 12.4 Å². The van der Waals surface area contributed by atoms with Crippen molar-refractivity contribution in [2.75, 3.05) is 39.3 Å². The fourth-order valence-electron chi connectivity index (χ4n) is 3.17. The number of aryl methyl sites for hydroxylation is 1. The predicted octanol–water partition coefficient (Wildman–Crippen LogP) is 4.09. The lowest BCUT2D eigenvalue weighted by Crippen LogP contribution is -2.52. The summed E-state index contributed by atoms with van der Waals surface area (Å²) in [5, 5.41) is 3.02. The van der Waals surface area contributed by atoms with E-state index in [-0.39, 0.29) is 24.3 Å². The number of carbonyl (C=O) groups excluding carboxylic acids is 1. The van der Waals surface area contributed by atoms with Crippen LogP contribution in [-0.2, 0) is 6.42 Å². The Morgan fingerprint density at radius 2 is 1.73 bits per heavy atom. The highest BCUT2D eigenvalue weighted by Gasteiger charge is 2.20. The van der Waals surface area contributed by atoms with Gasteiger partial charge < -0.3 is 10.2 Å². The quantitative estimate of drug-likeness (QED) is 0.650. The zero-order valence-corrected chi connectivity index (χ0v) is 16.7. The molecule has 0 radical (unpaired) electrons. The molecule has 0 aliphatic carbocycles. The number of nitrogens with zero attached hydrogens (tertiary/aromatic N) is 2. The monoisotopic (exact) mass is 385 g/mol. The third-order valence-electron chi connectivity index (χ3n) is 4.82. The van der Waals surface area contributed by atoms with Crippen molar-refractivity contribution in [2.45, 2.75) is 45.4 Å². The van der Waals surface area contributed by atoms with Crippen molar-refractivity contribution < 1.29 is 9.18 Å². The Bertz CT molecular complexity index is 504. The molecule has 2 rings (SSSR count). The molecule has 0 saturated carbocycles. The van der Waals surface area contributed by atoms with Crippen LogP contribution in [0.3, 0.4) is 0 Å². The standard InChI is InChI=1S/C20H32FN3O.ClH/c1-2-3-5-12-22-20(25)24-16-14-23(15-17-24)13-6-4-7-18-8-10-19(21)11-9-18;/h8-11H,2-7,12-17H2,1H3,(H,22,25);1H. The van der Waals surface area contributed by atoms with Crippen LogP contribution < -0.4 is 5.32 Å². The molecule has 1 heterocycles. The zero-order chi connectivity index (χ0) is 17.9. The van der Waals surface area contributed by atoms with Gasteiger partial charge in [0, 0.05) is 32.7 Å². The normalized spacial score (nSPS) is 14.8. The molecule has 0 atom stereocenters. The average molecular weight is 386 g/mol. The van der Waals surface area contributed by atoms with Gasteiger partial charge in [0.2, 0.25) is 0 Å². The molecule has 1 aliphatic heterocycles. The number of hydrogen-bond acceptors (Lipinski definition) is 2. The van der Waals surface area contributed by atoms with E-state index in [4.69, 9.17) is 0 Å². The van der Waals surface area contributed by atoms with E-state index in [2.05, 4.69) is 17.1 Å². The molecule has 6 heteroatoms. The maximum Gasteiger partial charge on any atom is 0.317 e. The van der Waals surface area contributed by atoms with E-state index in [9.17, 15) is 9.18 Å². The first-order valence-corrected chi connectivity index (χ1v) is 9.68. The lowest BCUT2D eigenvalue weighted by Gasteiger charge is -2.34. The van der Waals surface area contributed by atoms with Gasteiger partial charge in [0.1, 0.15) is 5.82 Å². The van der Waals surface area contributed by atoms with Gasteiger partial charge in [0.05, 0.1) is 0 Å². The summed E-state index contributed by atoms with van der Waals surface area (Å²) in [7, 11) is 0. The molecule has 26 heavy (non-hydrogen) atoms. The molecular weight excluding hydrogens is 353 g/mol. The maximum absolute atomic E-state index is 12.9. The number of hydrogen-bond donors (Lipinski definition) is 1. The van der Waals surface area contributed by atoms with Crippen LogP contribution in [0.15, 0.2) is 24.3 Å². The van der Waals surface area contributed by atoms with Crippen LogP contribution in [0.25, 0.3) is 0 Å². The van der Waals surface area contributed by atoms with Crippen LogP contribution in [0.4, 0.5) is 9.18 Å². The fourth-order valence-corrected chi connectivity index (χ4v) is 3.17. The van der Waals surface area contributed by atoms with Gasteiger partial charge in [-0.15, -0.1) is 12.4 Å². The summed E-state index contributed by atoms with van der Waals surface area (Å²) in [4.78, 5) is 16.4. The van der Waals surface area contributed by atoms with E-state index >= 15 is 0 Å². The molecule has 2 amide bonds. The zero-order valence-electron chi connectivity index (χ0n) is 15.9. The van der Waals surface area contributed by atoms with Crippen LogP contribution in [-0.4, -0.2) is 55.1 Å². The number of carbonyl (C=O) groups is 1. The summed E-state index contributed by atoms with van der Waals surface area (Å²) in [5.74, 6) is -0.170. The molecule has 1 N–H and O–H groups in total. The van der Waals surface area contributed by atoms with E-state index in [0.29, 0.717) is 0 Å². The molecule has 0 bridgehead atoms. The third-order valence-corrected chi connectivity index (χ3v) is 4.82. The fraction of sp³-hybridized carbons (Fsp3) is 0.650. The second kappa shape index (κ2) is 12.9. The number of nitrogens with one attached hydrogen (secondary N) is 1. The van der Waals surface area contributed by atoms with Crippen molar-refractivity contribution in [1.29, 1.82) is 0 Å². The van der Waals surface area contributed by atoms with Crippen molar-refractivity contribution in [3.05, 3.63) is 35.6 Å². The first kappa shape index (κ1) is 22.7. The molecule has 1 aromatic carbocycles. The Labute approximate surface area is 163 Å². The summed E-state index contributed by atoms with van der Waals surface area (Å²) >= 11 is 0. The molecule has 0 aromatic heterocycles. The number of piperazine rings is 1.